The SMILES string of the molecule is COc1ccc(NC(=O)c2nnc3n2C[C@H]2CN(C(=O)N4CCCC4)C[C@H]2C3)cc1. The minimum atomic E-state index is -0.277. The fourth-order valence-electron chi connectivity index (χ4n) is 4.82. The molecule has 158 valence electrons. The van der Waals surface area contributed by atoms with Crippen molar-refractivity contribution in [3.8, 4) is 5.75 Å². The van der Waals surface area contributed by atoms with E-state index in [9.17, 15) is 9.59 Å². The molecule has 2 aromatic rings. The molecule has 9 heteroatoms. The predicted octanol–water partition coefficient (Wildman–Crippen LogP) is 1.86. The minimum absolute atomic E-state index is 0.162. The first-order valence-electron chi connectivity index (χ1n) is 10.5. The van der Waals surface area contributed by atoms with Crippen LogP contribution in [0.15, 0.2) is 24.3 Å². The van der Waals surface area contributed by atoms with Crippen molar-refractivity contribution in [1.29, 1.82) is 0 Å². The number of likely N-dealkylation sites (tertiary alicyclic amines) is 2. The highest BCUT2D eigenvalue weighted by Gasteiger charge is 2.41. The number of fused-ring (bicyclic) bond motifs is 2. The van der Waals surface area contributed by atoms with Crippen LogP contribution in [0.1, 0.15) is 29.3 Å². The molecule has 3 aliphatic heterocycles. The van der Waals surface area contributed by atoms with Gasteiger partial charge in [-0.15, -0.1) is 10.2 Å². The van der Waals surface area contributed by atoms with Crippen LogP contribution in [0, 0.1) is 11.8 Å². The number of amides is 3. The molecule has 2 atom stereocenters. The van der Waals surface area contributed by atoms with E-state index in [0.29, 0.717) is 29.9 Å². The molecule has 4 heterocycles. The molecule has 0 aliphatic carbocycles. The molecule has 2 saturated heterocycles. The molecule has 3 amide bonds. The fourth-order valence-corrected chi connectivity index (χ4v) is 4.82. The summed E-state index contributed by atoms with van der Waals surface area (Å²) >= 11 is 0. The summed E-state index contributed by atoms with van der Waals surface area (Å²) < 4.78 is 7.07. The Labute approximate surface area is 175 Å². The normalized spacial score (nSPS) is 22.6. The summed E-state index contributed by atoms with van der Waals surface area (Å²) in [6.45, 7) is 3.90. The molecule has 1 aromatic heterocycles. The van der Waals surface area contributed by atoms with E-state index in [1.807, 2.05) is 14.4 Å². The molecule has 9 nitrogen and oxygen atoms in total. The molecule has 0 bridgehead atoms. The Balaban J connectivity index is 1.27. The van der Waals surface area contributed by atoms with E-state index in [1.54, 1.807) is 31.4 Å². The summed E-state index contributed by atoms with van der Waals surface area (Å²) in [5, 5.41) is 11.3. The third kappa shape index (κ3) is 3.38. The van der Waals surface area contributed by atoms with E-state index in [1.165, 1.54) is 0 Å². The van der Waals surface area contributed by atoms with Crippen LogP contribution in [0.3, 0.4) is 0 Å². The molecule has 1 aromatic carbocycles. The van der Waals surface area contributed by atoms with Crippen molar-refractivity contribution < 1.29 is 14.3 Å². The molecule has 30 heavy (non-hydrogen) atoms. The van der Waals surface area contributed by atoms with Gasteiger partial charge in [0.25, 0.3) is 5.91 Å². The van der Waals surface area contributed by atoms with Crippen molar-refractivity contribution >= 4 is 17.6 Å². The minimum Gasteiger partial charge on any atom is -0.497 e. The van der Waals surface area contributed by atoms with Gasteiger partial charge >= 0.3 is 6.03 Å². The van der Waals surface area contributed by atoms with Crippen molar-refractivity contribution in [3.05, 3.63) is 35.9 Å². The number of aromatic nitrogens is 3. The van der Waals surface area contributed by atoms with Gasteiger partial charge in [0, 0.05) is 44.8 Å². The summed E-state index contributed by atoms with van der Waals surface area (Å²) in [6, 6.07) is 7.33. The molecular weight excluding hydrogens is 384 g/mol. The Morgan fingerprint density at radius 2 is 1.73 bits per heavy atom. The maximum Gasteiger partial charge on any atom is 0.320 e. The van der Waals surface area contributed by atoms with Gasteiger partial charge in [-0.05, 0) is 48.9 Å². The van der Waals surface area contributed by atoms with Crippen molar-refractivity contribution in [1.82, 2.24) is 24.6 Å². The molecule has 0 spiro atoms. The number of methoxy groups -OCH3 is 1. The lowest BCUT2D eigenvalue weighted by atomic mass is 9.89. The number of benzene rings is 1. The first-order valence-corrected chi connectivity index (χ1v) is 10.5. The maximum atomic E-state index is 12.8. The Bertz CT molecular complexity index is 950. The highest BCUT2D eigenvalue weighted by atomic mass is 16.5. The van der Waals surface area contributed by atoms with Crippen LogP contribution in [0.4, 0.5) is 10.5 Å². The number of nitrogens with one attached hydrogen (secondary N) is 1. The lowest BCUT2D eigenvalue weighted by Gasteiger charge is -2.25. The second-order valence-corrected chi connectivity index (χ2v) is 8.34. The van der Waals surface area contributed by atoms with E-state index in [4.69, 9.17) is 4.74 Å². The van der Waals surface area contributed by atoms with Gasteiger partial charge < -0.3 is 24.4 Å². The van der Waals surface area contributed by atoms with Gasteiger partial charge in [-0.2, -0.15) is 0 Å². The van der Waals surface area contributed by atoms with E-state index < -0.39 is 0 Å². The van der Waals surface area contributed by atoms with Crippen LogP contribution in [-0.2, 0) is 13.0 Å². The number of urea groups is 1. The molecule has 1 N–H and O–H groups in total. The van der Waals surface area contributed by atoms with Gasteiger partial charge in [-0.1, -0.05) is 0 Å². The van der Waals surface area contributed by atoms with Gasteiger partial charge in [0.05, 0.1) is 7.11 Å². The van der Waals surface area contributed by atoms with Crippen LogP contribution < -0.4 is 10.1 Å². The molecule has 2 fully saturated rings. The third-order valence-electron chi connectivity index (χ3n) is 6.46. The van der Waals surface area contributed by atoms with Gasteiger partial charge in [0.15, 0.2) is 0 Å². The van der Waals surface area contributed by atoms with Gasteiger partial charge in [-0.25, -0.2) is 4.79 Å². The van der Waals surface area contributed by atoms with E-state index in [2.05, 4.69) is 15.5 Å². The highest BCUT2D eigenvalue weighted by Crippen LogP contribution is 2.33. The maximum absolute atomic E-state index is 12.8. The van der Waals surface area contributed by atoms with Crippen molar-refractivity contribution in [2.75, 3.05) is 38.6 Å². The smallest absolute Gasteiger partial charge is 0.320 e. The largest absolute Gasteiger partial charge is 0.497 e. The zero-order valence-corrected chi connectivity index (χ0v) is 17.1. The standard InChI is InChI=1S/C21H26N6O3/c1-30-17-6-4-16(5-7-17)22-20(28)19-24-23-18-10-14-11-26(12-15(14)13-27(18)19)21(29)25-8-2-3-9-25/h4-7,14-15H,2-3,8-13H2,1H3,(H,22,28)/t14-,15-/m1/s1. The Kier molecular flexibility index (Phi) is 4.80. The van der Waals surface area contributed by atoms with E-state index in [0.717, 1.165) is 57.0 Å². The Morgan fingerprint density at radius 1 is 1.00 bits per heavy atom. The summed E-state index contributed by atoms with van der Waals surface area (Å²) in [5.41, 5.74) is 0.676. The molecule has 5 rings (SSSR count). The first kappa shape index (κ1) is 18.9. The van der Waals surface area contributed by atoms with Crippen LogP contribution in [0.5, 0.6) is 5.75 Å². The number of carbonyl (C=O) groups excluding carboxylic acids is 2. The lowest BCUT2D eigenvalue weighted by molar-refractivity contribution is 0.100. The number of nitrogens with zero attached hydrogens (tertiary/aromatic N) is 5. The monoisotopic (exact) mass is 410 g/mol. The topological polar surface area (TPSA) is 92.6 Å². The third-order valence-corrected chi connectivity index (χ3v) is 6.46. The van der Waals surface area contributed by atoms with Crippen molar-refractivity contribution in [2.45, 2.75) is 25.8 Å². The quantitative estimate of drug-likeness (QED) is 0.834. The number of rotatable bonds is 3. The van der Waals surface area contributed by atoms with Gasteiger partial charge in [0.1, 0.15) is 11.6 Å². The van der Waals surface area contributed by atoms with Crippen molar-refractivity contribution in [3.63, 3.8) is 0 Å². The molecule has 0 radical (unpaired) electrons. The van der Waals surface area contributed by atoms with Crippen molar-refractivity contribution in [2.24, 2.45) is 11.8 Å². The summed E-state index contributed by atoms with van der Waals surface area (Å²) in [5.74, 6) is 2.31. The van der Waals surface area contributed by atoms with Crippen LogP contribution in [0.25, 0.3) is 0 Å². The van der Waals surface area contributed by atoms with Gasteiger partial charge in [-0.3, -0.25) is 4.79 Å². The summed E-state index contributed by atoms with van der Waals surface area (Å²) in [7, 11) is 1.60. The predicted molar refractivity (Wildman–Crippen MR) is 109 cm³/mol. The summed E-state index contributed by atoms with van der Waals surface area (Å²) in [4.78, 5) is 29.5. The van der Waals surface area contributed by atoms with E-state index >= 15 is 0 Å². The second-order valence-electron chi connectivity index (χ2n) is 8.34. The molecule has 3 aliphatic rings. The van der Waals surface area contributed by atoms with Gasteiger partial charge in [0.2, 0.25) is 5.82 Å². The number of hydrogen-bond donors (Lipinski definition) is 1. The molecule has 0 unspecified atom stereocenters. The highest BCUT2D eigenvalue weighted by molar-refractivity contribution is 6.01. The Morgan fingerprint density at radius 3 is 2.47 bits per heavy atom. The van der Waals surface area contributed by atoms with Crippen LogP contribution in [0.2, 0.25) is 0 Å². The first-order chi connectivity index (χ1) is 14.6. The average Bonchev–Trinajstić information content (AvgIpc) is 3.51. The summed E-state index contributed by atoms with van der Waals surface area (Å²) in [6.07, 6.45) is 2.94. The fraction of sp³-hybridized carbons (Fsp3) is 0.524. The number of hydrogen-bond acceptors (Lipinski definition) is 5. The Hall–Kier alpha value is -3.10. The zero-order chi connectivity index (χ0) is 20.7. The van der Waals surface area contributed by atoms with E-state index in [-0.39, 0.29) is 11.9 Å². The molecular formula is C21H26N6O3. The number of ether oxygens (including phenoxy) is 1. The second kappa shape index (κ2) is 7.62. The van der Waals surface area contributed by atoms with Crippen LogP contribution >= 0.6 is 0 Å². The average molecular weight is 410 g/mol. The van der Waals surface area contributed by atoms with Crippen LogP contribution in [-0.4, -0.2) is 69.8 Å². The number of carbonyl (C=O) groups is 2. The molecule has 0 saturated carbocycles. The number of anilines is 1. The zero-order valence-electron chi connectivity index (χ0n) is 17.1. The lowest BCUT2D eigenvalue weighted by Crippen LogP contribution is -2.40.